The fraction of sp³-hybridized carbons (Fsp3) is 0.0667. The van der Waals surface area contributed by atoms with Crippen LogP contribution in [0.25, 0.3) is 0 Å². The molecule has 0 atom stereocenters. The van der Waals surface area contributed by atoms with Crippen molar-refractivity contribution >= 4 is 23.2 Å². The summed E-state index contributed by atoms with van der Waals surface area (Å²) in [5.74, 6) is -0.0868. The molecule has 0 heterocycles. The van der Waals surface area contributed by atoms with E-state index in [1.807, 2.05) is 31.2 Å². The predicted molar refractivity (Wildman–Crippen MR) is 81.3 cm³/mol. The fourth-order valence-electron chi connectivity index (χ4n) is 1.75. The Morgan fingerprint density at radius 2 is 1.70 bits per heavy atom. The van der Waals surface area contributed by atoms with Crippen LogP contribution in [-0.2, 0) is 0 Å². The first-order valence-corrected chi connectivity index (χ1v) is 6.14. The van der Waals surface area contributed by atoms with E-state index in [1.165, 1.54) is 0 Å². The first-order valence-electron chi connectivity index (χ1n) is 6.14. The summed E-state index contributed by atoms with van der Waals surface area (Å²) in [6, 6.07) is 14.0. The SMILES string of the molecule is Cc1ccc(NC(=O)Nc2ccccc2C(=N)N)cc1. The van der Waals surface area contributed by atoms with E-state index in [-0.39, 0.29) is 11.9 Å². The van der Waals surface area contributed by atoms with Gasteiger partial charge in [0.25, 0.3) is 0 Å². The third-order valence-corrected chi connectivity index (χ3v) is 2.77. The van der Waals surface area contributed by atoms with Crippen LogP contribution in [0.2, 0.25) is 0 Å². The molecule has 0 aromatic heterocycles. The second-order valence-corrected chi connectivity index (χ2v) is 4.40. The molecule has 0 aliphatic carbocycles. The van der Waals surface area contributed by atoms with E-state index >= 15 is 0 Å². The number of nitrogen functional groups attached to an aromatic ring is 1. The van der Waals surface area contributed by atoms with Crippen LogP contribution in [0.5, 0.6) is 0 Å². The van der Waals surface area contributed by atoms with Crippen molar-refractivity contribution in [3.05, 3.63) is 59.7 Å². The highest BCUT2D eigenvalue weighted by molar-refractivity contribution is 6.06. The van der Waals surface area contributed by atoms with E-state index in [4.69, 9.17) is 11.1 Å². The molecule has 102 valence electrons. The Bertz CT molecular complexity index is 635. The number of nitrogens with one attached hydrogen (secondary N) is 3. The zero-order chi connectivity index (χ0) is 14.5. The largest absolute Gasteiger partial charge is 0.384 e. The minimum absolute atomic E-state index is 0.0868. The van der Waals surface area contributed by atoms with Crippen molar-refractivity contribution in [3.8, 4) is 0 Å². The number of amides is 2. The van der Waals surface area contributed by atoms with E-state index in [2.05, 4.69) is 10.6 Å². The zero-order valence-corrected chi connectivity index (χ0v) is 11.1. The Hall–Kier alpha value is -2.82. The summed E-state index contributed by atoms with van der Waals surface area (Å²) >= 11 is 0. The molecule has 0 aliphatic heterocycles. The van der Waals surface area contributed by atoms with Gasteiger partial charge in [0.05, 0.1) is 5.69 Å². The number of anilines is 2. The van der Waals surface area contributed by atoms with Crippen LogP contribution in [0.15, 0.2) is 48.5 Å². The van der Waals surface area contributed by atoms with Crippen LogP contribution in [0, 0.1) is 12.3 Å². The number of nitrogens with two attached hydrogens (primary N) is 1. The summed E-state index contributed by atoms with van der Waals surface area (Å²) < 4.78 is 0. The molecular weight excluding hydrogens is 252 g/mol. The van der Waals surface area contributed by atoms with Crippen molar-refractivity contribution in [1.29, 1.82) is 5.41 Å². The molecule has 5 N–H and O–H groups in total. The highest BCUT2D eigenvalue weighted by Crippen LogP contribution is 2.15. The molecule has 5 nitrogen and oxygen atoms in total. The normalized spacial score (nSPS) is 9.85. The molecule has 0 aliphatic rings. The smallest absolute Gasteiger partial charge is 0.323 e. The van der Waals surface area contributed by atoms with Gasteiger partial charge in [-0.25, -0.2) is 4.79 Å². The monoisotopic (exact) mass is 268 g/mol. The van der Waals surface area contributed by atoms with Gasteiger partial charge in [-0.15, -0.1) is 0 Å². The number of hydrogen-bond acceptors (Lipinski definition) is 2. The van der Waals surface area contributed by atoms with Crippen LogP contribution in [0.1, 0.15) is 11.1 Å². The molecule has 0 saturated carbocycles. The first-order chi connectivity index (χ1) is 9.56. The van der Waals surface area contributed by atoms with Gasteiger partial charge < -0.3 is 16.4 Å². The van der Waals surface area contributed by atoms with E-state index in [9.17, 15) is 4.79 Å². The number of rotatable bonds is 3. The molecule has 0 saturated heterocycles. The third-order valence-electron chi connectivity index (χ3n) is 2.77. The van der Waals surface area contributed by atoms with Gasteiger partial charge in [0.15, 0.2) is 0 Å². The van der Waals surface area contributed by atoms with Gasteiger partial charge in [0.1, 0.15) is 5.84 Å². The summed E-state index contributed by atoms with van der Waals surface area (Å²) in [4.78, 5) is 11.9. The standard InChI is InChI=1S/C15H16N4O/c1-10-6-8-11(9-7-10)18-15(20)19-13-5-3-2-4-12(13)14(16)17/h2-9H,1H3,(H3,16,17)(H2,18,19,20). The molecule has 0 unspecified atom stereocenters. The maximum absolute atomic E-state index is 11.9. The van der Waals surface area contributed by atoms with Gasteiger partial charge >= 0.3 is 6.03 Å². The molecule has 5 heteroatoms. The number of para-hydroxylation sites is 1. The quantitative estimate of drug-likeness (QED) is 0.509. The van der Waals surface area contributed by atoms with Crippen molar-refractivity contribution in [1.82, 2.24) is 0 Å². The van der Waals surface area contributed by atoms with E-state index < -0.39 is 0 Å². The summed E-state index contributed by atoms with van der Waals surface area (Å²) in [7, 11) is 0. The number of carbonyl (C=O) groups excluding carboxylic acids is 1. The number of amidine groups is 1. The van der Waals surface area contributed by atoms with E-state index in [1.54, 1.807) is 24.3 Å². The lowest BCUT2D eigenvalue weighted by Crippen LogP contribution is -2.22. The lowest BCUT2D eigenvalue weighted by molar-refractivity contribution is 0.262. The van der Waals surface area contributed by atoms with Gasteiger partial charge in [-0.3, -0.25) is 5.41 Å². The van der Waals surface area contributed by atoms with Crippen molar-refractivity contribution in [2.45, 2.75) is 6.92 Å². The number of carbonyl (C=O) groups is 1. The van der Waals surface area contributed by atoms with Crippen LogP contribution >= 0.6 is 0 Å². The van der Waals surface area contributed by atoms with Crippen molar-refractivity contribution in [2.24, 2.45) is 5.73 Å². The molecule has 2 aromatic carbocycles. The summed E-state index contributed by atoms with van der Waals surface area (Å²) in [6.07, 6.45) is 0. The molecule has 20 heavy (non-hydrogen) atoms. The molecule has 2 rings (SSSR count). The maximum Gasteiger partial charge on any atom is 0.323 e. The van der Waals surface area contributed by atoms with E-state index in [0.29, 0.717) is 16.9 Å². The van der Waals surface area contributed by atoms with Crippen LogP contribution in [-0.4, -0.2) is 11.9 Å². The van der Waals surface area contributed by atoms with Gasteiger partial charge in [-0.2, -0.15) is 0 Å². The third kappa shape index (κ3) is 3.35. The molecule has 0 fully saturated rings. The average Bonchev–Trinajstić information content (AvgIpc) is 2.41. The van der Waals surface area contributed by atoms with Crippen molar-refractivity contribution < 1.29 is 4.79 Å². The van der Waals surface area contributed by atoms with E-state index in [0.717, 1.165) is 5.56 Å². The molecule has 2 aromatic rings. The summed E-state index contributed by atoms with van der Waals surface area (Å²) in [5.41, 5.74) is 8.29. The van der Waals surface area contributed by atoms with Gasteiger partial charge in [-0.1, -0.05) is 29.8 Å². The Labute approximate surface area is 117 Å². The first kappa shape index (κ1) is 13.6. The number of aryl methyl sites for hydroxylation is 1. The Morgan fingerprint density at radius 3 is 2.35 bits per heavy atom. The predicted octanol–water partition coefficient (Wildman–Crippen LogP) is 2.92. The molecule has 0 radical (unpaired) electrons. The van der Waals surface area contributed by atoms with Crippen LogP contribution in [0.3, 0.4) is 0 Å². The number of urea groups is 1. The lowest BCUT2D eigenvalue weighted by atomic mass is 10.1. The zero-order valence-electron chi connectivity index (χ0n) is 11.1. The second kappa shape index (κ2) is 5.88. The van der Waals surface area contributed by atoms with Gasteiger partial charge in [0, 0.05) is 11.3 Å². The average molecular weight is 268 g/mol. The van der Waals surface area contributed by atoms with Crippen molar-refractivity contribution in [3.63, 3.8) is 0 Å². The Kier molecular flexibility index (Phi) is 4.00. The number of hydrogen-bond donors (Lipinski definition) is 4. The Balaban J connectivity index is 2.08. The minimum atomic E-state index is -0.373. The molecule has 0 bridgehead atoms. The summed E-state index contributed by atoms with van der Waals surface area (Å²) in [6.45, 7) is 1.98. The topological polar surface area (TPSA) is 91.0 Å². The minimum Gasteiger partial charge on any atom is -0.384 e. The fourth-order valence-corrected chi connectivity index (χ4v) is 1.75. The second-order valence-electron chi connectivity index (χ2n) is 4.40. The van der Waals surface area contributed by atoms with Crippen LogP contribution < -0.4 is 16.4 Å². The molecule has 0 spiro atoms. The number of benzene rings is 2. The highest BCUT2D eigenvalue weighted by Gasteiger charge is 2.08. The molecule has 2 amide bonds. The van der Waals surface area contributed by atoms with Gasteiger partial charge in [0.2, 0.25) is 0 Å². The van der Waals surface area contributed by atoms with Crippen molar-refractivity contribution in [2.75, 3.05) is 10.6 Å². The molecular formula is C15H16N4O. The van der Waals surface area contributed by atoms with Crippen LogP contribution in [0.4, 0.5) is 16.2 Å². The Morgan fingerprint density at radius 1 is 1.05 bits per heavy atom. The maximum atomic E-state index is 11.9. The highest BCUT2D eigenvalue weighted by atomic mass is 16.2. The van der Waals surface area contributed by atoms with Gasteiger partial charge in [-0.05, 0) is 31.2 Å². The lowest BCUT2D eigenvalue weighted by Gasteiger charge is -2.11. The summed E-state index contributed by atoms with van der Waals surface area (Å²) in [5, 5.41) is 12.9.